The predicted molar refractivity (Wildman–Crippen MR) is 59.3 cm³/mol. The molecule has 0 spiro atoms. The average molecular weight is 238 g/mol. The summed E-state index contributed by atoms with van der Waals surface area (Å²) in [4.78, 5) is 0. The number of hydrogen-bond acceptors (Lipinski definition) is 5. The number of rotatable bonds is 5. The van der Waals surface area contributed by atoms with Crippen molar-refractivity contribution in [2.75, 3.05) is 12.3 Å². The van der Waals surface area contributed by atoms with Crippen LogP contribution >= 0.6 is 34.9 Å². The van der Waals surface area contributed by atoms with Gasteiger partial charge in [-0.3, -0.25) is 0 Å². The standard InChI is InChI=1S/C7H12ClN3S2/c1-5(2-9)3-12-4-6-7(8)13-11-10-6/h5H,2-4,9H2,1H3. The van der Waals surface area contributed by atoms with Crippen molar-refractivity contribution in [1.82, 2.24) is 9.59 Å². The molecule has 0 fully saturated rings. The number of halogens is 1. The largest absolute Gasteiger partial charge is 0.330 e. The Bertz CT molecular complexity index is 254. The average Bonchev–Trinajstić information content (AvgIpc) is 2.52. The summed E-state index contributed by atoms with van der Waals surface area (Å²) in [5.74, 6) is 2.43. The van der Waals surface area contributed by atoms with E-state index in [1.165, 1.54) is 11.5 Å². The minimum atomic E-state index is 0.551. The highest BCUT2D eigenvalue weighted by atomic mass is 35.5. The van der Waals surface area contributed by atoms with Crippen LogP contribution in [0.25, 0.3) is 0 Å². The molecule has 74 valence electrons. The summed E-state index contributed by atoms with van der Waals surface area (Å²) in [7, 11) is 0. The smallest absolute Gasteiger partial charge is 0.138 e. The highest BCUT2D eigenvalue weighted by Crippen LogP contribution is 2.22. The van der Waals surface area contributed by atoms with Gasteiger partial charge in [-0.25, -0.2) is 0 Å². The quantitative estimate of drug-likeness (QED) is 0.852. The van der Waals surface area contributed by atoms with Gasteiger partial charge in [-0.15, -0.1) is 5.10 Å². The maximum Gasteiger partial charge on any atom is 0.138 e. The molecule has 1 aromatic heterocycles. The summed E-state index contributed by atoms with van der Waals surface area (Å²) in [5, 5.41) is 3.92. The van der Waals surface area contributed by atoms with Crippen LogP contribution in [0.4, 0.5) is 0 Å². The minimum Gasteiger partial charge on any atom is -0.330 e. The van der Waals surface area contributed by atoms with Crippen LogP contribution in [-0.4, -0.2) is 21.9 Å². The lowest BCUT2D eigenvalue weighted by Crippen LogP contribution is -2.12. The molecule has 0 amide bonds. The van der Waals surface area contributed by atoms with E-state index < -0.39 is 0 Å². The number of thioether (sulfide) groups is 1. The zero-order valence-electron chi connectivity index (χ0n) is 7.36. The Morgan fingerprint density at radius 3 is 3.00 bits per heavy atom. The Kier molecular flexibility index (Phi) is 5.01. The number of aromatic nitrogens is 2. The highest BCUT2D eigenvalue weighted by Gasteiger charge is 2.06. The Morgan fingerprint density at radius 2 is 2.46 bits per heavy atom. The molecule has 2 N–H and O–H groups in total. The fourth-order valence-corrected chi connectivity index (χ4v) is 2.56. The fourth-order valence-electron chi connectivity index (χ4n) is 0.708. The summed E-state index contributed by atoms with van der Waals surface area (Å²) in [6.45, 7) is 2.87. The topological polar surface area (TPSA) is 51.8 Å². The molecule has 1 rings (SSSR count). The van der Waals surface area contributed by atoms with E-state index in [0.717, 1.165) is 23.7 Å². The van der Waals surface area contributed by atoms with E-state index in [1.807, 2.05) is 0 Å². The van der Waals surface area contributed by atoms with E-state index in [0.29, 0.717) is 10.3 Å². The van der Waals surface area contributed by atoms with Crippen molar-refractivity contribution in [3.63, 3.8) is 0 Å². The van der Waals surface area contributed by atoms with Crippen molar-refractivity contribution >= 4 is 34.9 Å². The SMILES string of the molecule is CC(CN)CSCc1nnsc1Cl. The summed E-state index contributed by atoms with van der Waals surface area (Å²) in [6.07, 6.45) is 0. The van der Waals surface area contributed by atoms with Gasteiger partial charge >= 0.3 is 0 Å². The Balaban J connectivity index is 2.24. The van der Waals surface area contributed by atoms with Crippen LogP contribution in [0.2, 0.25) is 4.34 Å². The highest BCUT2D eigenvalue weighted by molar-refractivity contribution is 7.98. The van der Waals surface area contributed by atoms with E-state index in [-0.39, 0.29) is 0 Å². The maximum absolute atomic E-state index is 5.84. The van der Waals surface area contributed by atoms with Crippen molar-refractivity contribution in [3.05, 3.63) is 10.0 Å². The van der Waals surface area contributed by atoms with E-state index in [9.17, 15) is 0 Å². The third kappa shape index (κ3) is 3.81. The van der Waals surface area contributed by atoms with Crippen LogP contribution in [0.5, 0.6) is 0 Å². The molecule has 0 aromatic carbocycles. The molecule has 0 aliphatic carbocycles. The second kappa shape index (κ2) is 5.80. The van der Waals surface area contributed by atoms with Crippen molar-refractivity contribution in [3.8, 4) is 0 Å². The van der Waals surface area contributed by atoms with Gasteiger partial charge < -0.3 is 5.73 Å². The summed E-state index contributed by atoms with van der Waals surface area (Å²) < 4.78 is 4.46. The van der Waals surface area contributed by atoms with E-state index in [1.54, 1.807) is 11.8 Å². The van der Waals surface area contributed by atoms with Gasteiger partial charge in [-0.05, 0) is 18.2 Å². The fraction of sp³-hybridized carbons (Fsp3) is 0.714. The Hall–Kier alpha value is 0.160. The third-order valence-corrected chi connectivity index (χ3v) is 3.82. The monoisotopic (exact) mass is 237 g/mol. The van der Waals surface area contributed by atoms with Crippen LogP contribution in [0.3, 0.4) is 0 Å². The van der Waals surface area contributed by atoms with Gasteiger partial charge in [0.1, 0.15) is 10.0 Å². The molecule has 1 unspecified atom stereocenters. The van der Waals surface area contributed by atoms with Crippen molar-refractivity contribution < 1.29 is 0 Å². The molecular formula is C7H12ClN3S2. The van der Waals surface area contributed by atoms with Gasteiger partial charge in [0, 0.05) is 17.3 Å². The molecule has 13 heavy (non-hydrogen) atoms. The first-order chi connectivity index (χ1) is 6.24. The summed E-state index contributed by atoms with van der Waals surface area (Å²) in [6, 6.07) is 0. The van der Waals surface area contributed by atoms with Crippen LogP contribution in [-0.2, 0) is 5.75 Å². The maximum atomic E-state index is 5.84. The van der Waals surface area contributed by atoms with Crippen LogP contribution in [0.1, 0.15) is 12.6 Å². The molecule has 0 radical (unpaired) electrons. The molecule has 1 aromatic rings. The minimum absolute atomic E-state index is 0.551. The molecule has 0 saturated carbocycles. The van der Waals surface area contributed by atoms with Crippen molar-refractivity contribution in [1.29, 1.82) is 0 Å². The summed E-state index contributed by atoms with van der Waals surface area (Å²) in [5.41, 5.74) is 6.39. The Morgan fingerprint density at radius 1 is 1.69 bits per heavy atom. The lowest BCUT2D eigenvalue weighted by Gasteiger charge is -2.05. The van der Waals surface area contributed by atoms with Gasteiger partial charge in [0.05, 0.1) is 0 Å². The van der Waals surface area contributed by atoms with Crippen molar-refractivity contribution in [2.24, 2.45) is 11.7 Å². The molecular weight excluding hydrogens is 226 g/mol. The molecule has 3 nitrogen and oxygen atoms in total. The number of nitrogens with zero attached hydrogens (tertiary/aromatic N) is 2. The van der Waals surface area contributed by atoms with E-state index in [4.69, 9.17) is 17.3 Å². The second-order valence-corrected chi connectivity index (χ2v) is 5.24. The second-order valence-electron chi connectivity index (χ2n) is 2.85. The van der Waals surface area contributed by atoms with Gasteiger partial charge in [0.25, 0.3) is 0 Å². The van der Waals surface area contributed by atoms with Crippen LogP contribution in [0, 0.1) is 5.92 Å². The zero-order chi connectivity index (χ0) is 9.68. The van der Waals surface area contributed by atoms with Crippen LogP contribution < -0.4 is 5.73 Å². The molecule has 0 bridgehead atoms. The van der Waals surface area contributed by atoms with Gasteiger partial charge in [0.2, 0.25) is 0 Å². The van der Waals surface area contributed by atoms with Crippen molar-refractivity contribution in [2.45, 2.75) is 12.7 Å². The molecule has 0 aliphatic heterocycles. The normalized spacial score (nSPS) is 13.2. The first kappa shape index (κ1) is 11.2. The summed E-state index contributed by atoms with van der Waals surface area (Å²) >= 11 is 8.88. The van der Waals surface area contributed by atoms with E-state index in [2.05, 4.69) is 16.5 Å². The van der Waals surface area contributed by atoms with Gasteiger partial charge in [-0.1, -0.05) is 23.0 Å². The zero-order valence-corrected chi connectivity index (χ0v) is 9.75. The van der Waals surface area contributed by atoms with Gasteiger partial charge in [0.15, 0.2) is 0 Å². The first-order valence-corrected chi connectivity index (χ1v) is 6.29. The number of hydrogen-bond donors (Lipinski definition) is 1. The molecule has 1 heterocycles. The molecule has 1 atom stereocenters. The van der Waals surface area contributed by atoms with E-state index >= 15 is 0 Å². The molecule has 0 saturated heterocycles. The van der Waals surface area contributed by atoms with Gasteiger partial charge in [-0.2, -0.15) is 11.8 Å². The first-order valence-electron chi connectivity index (χ1n) is 3.98. The number of nitrogens with two attached hydrogens (primary N) is 1. The van der Waals surface area contributed by atoms with Crippen LogP contribution in [0.15, 0.2) is 0 Å². The third-order valence-electron chi connectivity index (χ3n) is 1.55. The Labute approximate surface area is 91.2 Å². The lowest BCUT2D eigenvalue weighted by atomic mass is 10.2. The predicted octanol–water partition coefficient (Wildman–Crippen LogP) is 2.02. The molecule has 6 heteroatoms. The lowest BCUT2D eigenvalue weighted by molar-refractivity contribution is 0.675. The molecule has 0 aliphatic rings.